The van der Waals surface area contributed by atoms with Crippen molar-refractivity contribution in [1.29, 1.82) is 0 Å². The van der Waals surface area contributed by atoms with Gasteiger partial charge in [0, 0.05) is 68.5 Å². The number of amides is 12. The van der Waals surface area contributed by atoms with E-state index in [0.29, 0.717) is 76.6 Å². The molecule has 12 amide bonds. The molecule has 7 aliphatic rings. The second kappa shape index (κ2) is 34.2. The summed E-state index contributed by atoms with van der Waals surface area (Å²) >= 11 is 0. The highest BCUT2D eigenvalue weighted by Gasteiger charge is 2.52. The van der Waals surface area contributed by atoms with Crippen LogP contribution in [0.1, 0.15) is 193 Å². The average Bonchev–Trinajstić information content (AvgIpc) is 1.76. The highest BCUT2D eigenvalue weighted by atomic mass is 19.4. The maximum Gasteiger partial charge on any atom is 0.419 e. The number of likely N-dealkylation sites (N-methyl/N-ethyl adjacent to an activating group) is 6. The zero-order valence-electron chi connectivity index (χ0n) is 61.2. The van der Waals surface area contributed by atoms with Gasteiger partial charge in [-0.05, 0) is 132 Å². The van der Waals surface area contributed by atoms with Crippen LogP contribution in [-0.2, 0) is 70.1 Å². The van der Waals surface area contributed by atoms with E-state index in [1.54, 1.807) is 11.8 Å². The molecule has 1 aromatic carbocycles. The average molecular weight is 1420 g/mol. The van der Waals surface area contributed by atoms with Crippen molar-refractivity contribution in [2.24, 2.45) is 23.7 Å². The SMILES string of the molecule is CC[C@H](C)[C@@H]1NC(=O)[C@H](CC(C)C)N(C)C(=O)C[C@@H](C(=O)N2CCCC2)N(C)C(=O)[C@H](C2CCCC2)N(C)C(=O)C2(CCCC2)NC(=O)[C@@H]2CCCN2C(=O)[C@H](CCc2ccc(C(F)(F)F)c(F)c2)NC(=O)CN(C)C(=O)[C@H](CC2CCCCC2)N(C)C(=O)[C@@H]2CCN2C(=O)[C@H](C)N(C)C1=O. The molecule has 24 nitrogen and oxygen atoms in total. The van der Waals surface area contributed by atoms with Crippen molar-refractivity contribution in [1.82, 2.24) is 60.0 Å². The van der Waals surface area contributed by atoms with Gasteiger partial charge >= 0.3 is 6.18 Å². The lowest BCUT2D eigenvalue weighted by molar-refractivity contribution is -0.160. The van der Waals surface area contributed by atoms with E-state index in [9.17, 15) is 46.7 Å². The summed E-state index contributed by atoms with van der Waals surface area (Å²) in [7, 11) is 8.65. The van der Waals surface area contributed by atoms with Crippen molar-refractivity contribution in [3.63, 3.8) is 0 Å². The summed E-state index contributed by atoms with van der Waals surface area (Å²) in [6.45, 7) is 9.10. The molecule has 1 aromatic rings. The van der Waals surface area contributed by atoms with Gasteiger partial charge in [-0.15, -0.1) is 0 Å². The van der Waals surface area contributed by atoms with Gasteiger partial charge in [-0.2, -0.15) is 13.2 Å². The van der Waals surface area contributed by atoms with Crippen LogP contribution in [0.25, 0.3) is 0 Å². The van der Waals surface area contributed by atoms with Crippen molar-refractivity contribution in [3.8, 4) is 0 Å². The summed E-state index contributed by atoms with van der Waals surface area (Å²) < 4.78 is 56.3. The quantitative estimate of drug-likeness (QED) is 0.227. The van der Waals surface area contributed by atoms with Crippen LogP contribution in [0.2, 0.25) is 0 Å². The normalized spacial score (nSPS) is 28.5. The minimum absolute atomic E-state index is 0.00286. The van der Waals surface area contributed by atoms with Gasteiger partial charge in [0.15, 0.2) is 0 Å². The summed E-state index contributed by atoms with van der Waals surface area (Å²) in [6.07, 6.45) is 4.85. The predicted molar refractivity (Wildman–Crippen MR) is 366 cm³/mol. The predicted octanol–water partition coefficient (Wildman–Crippen LogP) is 5.66. The number of hydrogen-bond donors (Lipinski definition) is 3. The Morgan fingerprint density at radius 1 is 0.624 bits per heavy atom. The van der Waals surface area contributed by atoms with E-state index in [0.717, 1.165) is 55.9 Å². The van der Waals surface area contributed by atoms with E-state index >= 15 is 28.4 Å². The van der Waals surface area contributed by atoms with Crippen LogP contribution in [0.15, 0.2) is 18.2 Å². The van der Waals surface area contributed by atoms with Gasteiger partial charge in [-0.3, -0.25) is 57.5 Å². The van der Waals surface area contributed by atoms with Gasteiger partial charge < -0.3 is 60.0 Å². The van der Waals surface area contributed by atoms with Crippen LogP contribution >= 0.6 is 0 Å². The summed E-state index contributed by atoms with van der Waals surface area (Å²) in [5.41, 5.74) is -3.02. The fourth-order valence-corrected chi connectivity index (χ4v) is 16.4. The molecule has 4 saturated heterocycles. The molecule has 28 heteroatoms. The van der Waals surface area contributed by atoms with Crippen LogP contribution in [0, 0.1) is 29.5 Å². The molecule has 562 valence electrons. The van der Waals surface area contributed by atoms with E-state index in [1.165, 1.54) is 83.5 Å². The number of nitrogens with zero attached hydrogens (tertiary/aromatic N) is 9. The second-order valence-corrected chi connectivity index (χ2v) is 30.4. The molecule has 3 aliphatic carbocycles. The van der Waals surface area contributed by atoms with Gasteiger partial charge in [0.2, 0.25) is 70.9 Å². The van der Waals surface area contributed by atoms with Crippen molar-refractivity contribution in [2.75, 3.05) is 75.0 Å². The molecular weight excluding hydrogens is 1310 g/mol. The molecule has 4 heterocycles. The van der Waals surface area contributed by atoms with E-state index in [4.69, 9.17) is 0 Å². The van der Waals surface area contributed by atoms with Crippen molar-refractivity contribution in [2.45, 2.75) is 255 Å². The van der Waals surface area contributed by atoms with Crippen LogP contribution in [0.5, 0.6) is 0 Å². The van der Waals surface area contributed by atoms with E-state index in [1.807, 2.05) is 20.8 Å². The number of alkyl halides is 3. The number of rotatable bonds is 11. The zero-order valence-corrected chi connectivity index (χ0v) is 61.2. The van der Waals surface area contributed by atoms with Gasteiger partial charge in [-0.1, -0.05) is 98.0 Å². The first-order valence-corrected chi connectivity index (χ1v) is 37.0. The number of benzene rings is 1. The molecule has 3 N–H and O–H groups in total. The summed E-state index contributed by atoms with van der Waals surface area (Å²) in [4.78, 5) is 192. The number of carbonyl (C=O) groups excluding carboxylic acids is 12. The largest absolute Gasteiger partial charge is 0.419 e. The molecule has 0 bridgehead atoms. The summed E-state index contributed by atoms with van der Waals surface area (Å²) in [5, 5.41) is 8.72. The summed E-state index contributed by atoms with van der Waals surface area (Å²) in [5.74, 6) is -10.3. The Hall–Kier alpha value is -7.42. The van der Waals surface area contributed by atoms with E-state index in [-0.39, 0.29) is 81.9 Å². The standard InChI is InChI=1S/C73H110F4N12O12/c1-12-45(4)60-69(99)82(7)46(5)64(94)89-38-32-54(89)67(97)84(9)56(41-47-23-14-13-15-24-47)66(96)81(6)43-58(90)78-52(31-29-48-28-30-50(51(74)40-48)73(75,76)77)65(95)88-37-22-27-53(88)63(93)80-72(33-18-19-34-72)71(101)86(11)61(49-25-16-17-26-49)70(100)85(10)57(68(98)87-35-20-21-36-87)42-59(91)83(8)55(39-44(2)3)62(92)79-60/h28,30,40,44-47,49,52-57,60-61H,12-27,29,31-39,41-43H2,1-11H3,(H,78,90)(H,79,92)(H,80,93)/t45-,46-,52-,53-,54-,55-,56-,57-,60-,61-/m0/s1. The third-order valence-electron chi connectivity index (χ3n) is 23.1. The van der Waals surface area contributed by atoms with Crippen LogP contribution in [0.3, 0.4) is 0 Å². The van der Waals surface area contributed by atoms with Gasteiger partial charge in [-0.25, -0.2) is 4.39 Å². The van der Waals surface area contributed by atoms with E-state index < -0.39 is 173 Å². The van der Waals surface area contributed by atoms with Crippen LogP contribution in [-0.4, -0.2) is 250 Å². The zero-order chi connectivity index (χ0) is 74.1. The number of hydrogen-bond acceptors (Lipinski definition) is 12. The lowest BCUT2D eigenvalue weighted by atomic mass is 9.84. The van der Waals surface area contributed by atoms with Crippen molar-refractivity contribution < 1.29 is 75.1 Å². The molecule has 0 aromatic heterocycles. The summed E-state index contributed by atoms with van der Waals surface area (Å²) in [6, 6.07) is -8.70. The first-order valence-electron chi connectivity index (χ1n) is 37.0. The topological polar surface area (TPSA) is 270 Å². The Balaban J connectivity index is 1.18. The first-order chi connectivity index (χ1) is 47.7. The lowest BCUT2D eigenvalue weighted by Crippen LogP contribution is -2.65. The maximum absolute atomic E-state index is 15.7. The first kappa shape index (κ1) is 79.3. The smallest absolute Gasteiger partial charge is 0.343 e. The number of halogens is 4. The van der Waals surface area contributed by atoms with Crippen LogP contribution < -0.4 is 16.0 Å². The Morgan fingerprint density at radius 3 is 1.85 bits per heavy atom. The third-order valence-corrected chi connectivity index (χ3v) is 23.1. The number of fused-ring (bicyclic) bond motifs is 2. The molecule has 101 heavy (non-hydrogen) atoms. The fourth-order valence-electron chi connectivity index (χ4n) is 16.4. The number of aryl methyl sites for hydroxylation is 1. The molecule has 1 spiro atoms. The molecule has 0 unspecified atom stereocenters. The fraction of sp³-hybridized carbons (Fsp3) is 0.753. The Kier molecular flexibility index (Phi) is 26.9. The Labute approximate surface area is 592 Å². The Bertz CT molecular complexity index is 3200. The van der Waals surface area contributed by atoms with Crippen molar-refractivity contribution >= 4 is 70.9 Å². The molecule has 4 aliphatic heterocycles. The number of carbonyl (C=O) groups is 12. The minimum Gasteiger partial charge on any atom is -0.343 e. The highest BCUT2D eigenvalue weighted by molar-refractivity contribution is 6.01. The van der Waals surface area contributed by atoms with Crippen molar-refractivity contribution in [3.05, 3.63) is 35.1 Å². The number of nitrogens with one attached hydrogen (secondary N) is 3. The second-order valence-electron chi connectivity index (χ2n) is 30.4. The third kappa shape index (κ3) is 18.3. The lowest BCUT2D eigenvalue weighted by Gasteiger charge is -2.45. The van der Waals surface area contributed by atoms with Gasteiger partial charge in [0.1, 0.15) is 65.7 Å². The van der Waals surface area contributed by atoms with Gasteiger partial charge in [0.05, 0.1) is 18.5 Å². The Morgan fingerprint density at radius 2 is 1.26 bits per heavy atom. The molecular formula is C73H110F4N12O12. The van der Waals surface area contributed by atoms with Gasteiger partial charge in [0.25, 0.3) is 0 Å². The molecule has 7 fully saturated rings. The highest BCUT2D eigenvalue weighted by Crippen LogP contribution is 2.39. The molecule has 0 radical (unpaired) electrons. The minimum atomic E-state index is -5.00. The number of likely N-dealkylation sites (tertiary alicyclic amines) is 1. The van der Waals surface area contributed by atoms with E-state index in [2.05, 4.69) is 16.0 Å². The molecule has 8 rings (SSSR count). The molecule has 10 atom stereocenters. The monoisotopic (exact) mass is 1420 g/mol. The van der Waals surface area contributed by atoms with Crippen LogP contribution in [0.4, 0.5) is 17.6 Å². The molecule has 3 saturated carbocycles. The maximum atomic E-state index is 15.7.